The molecule has 0 aromatic carbocycles. The summed E-state index contributed by atoms with van der Waals surface area (Å²) in [5, 5.41) is 0. The smallest absolute Gasteiger partial charge is 0.330 e. The Bertz CT molecular complexity index is 766. The van der Waals surface area contributed by atoms with E-state index >= 15 is 0 Å². The molecule has 1 unspecified atom stereocenters. The Labute approximate surface area is 212 Å². The van der Waals surface area contributed by atoms with Gasteiger partial charge in [-0.15, -0.1) is 5.48 Å². The normalized spacial score (nSPS) is 23.6. The first-order chi connectivity index (χ1) is 16.5. The van der Waals surface area contributed by atoms with Crippen molar-refractivity contribution >= 4 is 17.7 Å². The van der Waals surface area contributed by atoms with Gasteiger partial charge in [-0.05, 0) is 64.4 Å². The van der Waals surface area contributed by atoms with Crippen LogP contribution in [0.5, 0.6) is 0 Å². The van der Waals surface area contributed by atoms with Gasteiger partial charge in [0.1, 0.15) is 6.04 Å². The van der Waals surface area contributed by atoms with E-state index in [-0.39, 0.29) is 11.2 Å². The van der Waals surface area contributed by atoms with Gasteiger partial charge in [0, 0.05) is 6.42 Å². The molecule has 0 aromatic heterocycles. The summed E-state index contributed by atoms with van der Waals surface area (Å²) in [5.41, 5.74) is 3.92. The van der Waals surface area contributed by atoms with Crippen molar-refractivity contribution in [1.82, 2.24) is 5.48 Å². The SMILES string of the molecule is CCCCCCCCCCC(NOC(=O)C(C)(C)C)C(=O)O[C@H]1C[C@]2(C)CCCCC2=C(C)C1=O. The molecule has 35 heavy (non-hydrogen) atoms. The van der Waals surface area contributed by atoms with Crippen molar-refractivity contribution in [2.45, 2.75) is 144 Å². The van der Waals surface area contributed by atoms with Crippen molar-refractivity contribution in [3.05, 3.63) is 11.1 Å². The Balaban J connectivity index is 1.98. The fourth-order valence-corrected chi connectivity index (χ4v) is 5.33. The molecule has 2 aliphatic rings. The maximum Gasteiger partial charge on any atom is 0.330 e. The second-order valence-corrected chi connectivity index (χ2v) is 11.9. The van der Waals surface area contributed by atoms with Gasteiger partial charge in [0.25, 0.3) is 0 Å². The quantitative estimate of drug-likeness (QED) is 0.174. The highest BCUT2D eigenvalue weighted by Crippen LogP contribution is 2.49. The molecular formula is C29H49NO5. The van der Waals surface area contributed by atoms with Crippen molar-refractivity contribution in [1.29, 1.82) is 0 Å². The van der Waals surface area contributed by atoms with Crippen LogP contribution in [-0.2, 0) is 24.0 Å². The van der Waals surface area contributed by atoms with Gasteiger partial charge >= 0.3 is 11.9 Å². The molecule has 1 N–H and O–H groups in total. The van der Waals surface area contributed by atoms with Gasteiger partial charge in [0.15, 0.2) is 11.9 Å². The molecule has 0 saturated heterocycles. The molecule has 0 aromatic rings. The van der Waals surface area contributed by atoms with E-state index in [0.717, 1.165) is 50.5 Å². The Morgan fingerprint density at radius 1 is 1.06 bits per heavy atom. The maximum atomic E-state index is 13.2. The molecule has 0 amide bonds. The van der Waals surface area contributed by atoms with E-state index in [1.165, 1.54) is 37.7 Å². The minimum Gasteiger partial charge on any atom is -0.453 e. The summed E-state index contributed by atoms with van der Waals surface area (Å²) in [4.78, 5) is 43.8. The van der Waals surface area contributed by atoms with E-state index in [0.29, 0.717) is 12.8 Å². The second-order valence-electron chi connectivity index (χ2n) is 11.9. The minimum absolute atomic E-state index is 0.0785. The molecule has 0 heterocycles. The number of esters is 1. The number of carbonyl (C=O) groups is 3. The lowest BCUT2D eigenvalue weighted by atomic mass is 9.63. The molecule has 0 aliphatic heterocycles. The van der Waals surface area contributed by atoms with E-state index in [1.807, 2.05) is 6.92 Å². The van der Waals surface area contributed by atoms with Gasteiger partial charge < -0.3 is 9.57 Å². The molecule has 0 spiro atoms. The molecule has 200 valence electrons. The molecule has 0 radical (unpaired) electrons. The van der Waals surface area contributed by atoms with Crippen LogP contribution in [0.3, 0.4) is 0 Å². The number of unbranched alkanes of at least 4 members (excludes halogenated alkanes) is 7. The van der Waals surface area contributed by atoms with Crippen LogP contribution in [0.4, 0.5) is 0 Å². The summed E-state index contributed by atoms with van der Waals surface area (Å²) in [6.07, 6.45) is 13.7. The van der Waals surface area contributed by atoms with Crippen molar-refractivity contribution in [2.24, 2.45) is 10.8 Å². The summed E-state index contributed by atoms with van der Waals surface area (Å²) in [6.45, 7) is 11.6. The van der Waals surface area contributed by atoms with Crippen LogP contribution in [0.15, 0.2) is 11.1 Å². The number of Topliss-reactive ketones (excluding diaryl/α,β-unsaturated/α-hetero) is 1. The highest BCUT2D eigenvalue weighted by atomic mass is 16.7. The third-order valence-electron chi connectivity index (χ3n) is 7.68. The number of hydrogen-bond acceptors (Lipinski definition) is 6. The molecule has 1 saturated carbocycles. The van der Waals surface area contributed by atoms with Gasteiger partial charge in [-0.2, -0.15) is 0 Å². The van der Waals surface area contributed by atoms with Crippen molar-refractivity contribution in [3.63, 3.8) is 0 Å². The largest absolute Gasteiger partial charge is 0.453 e. The van der Waals surface area contributed by atoms with Crippen LogP contribution >= 0.6 is 0 Å². The number of rotatable bonds is 13. The molecular weight excluding hydrogens is 442 g/mol. The van der Waals surface area contributed by atoms with Crippen molar-refractivity contribution < 1.29 is 24.0 Å². The lowest BCUT2D eigenvalue weighted by Crippen LogP contribution is -2.46. The third kappa shape index (κ3) is 8.73. The van der Waals surface area contributed by atoms with Gasteiger partial charge in [0.2, 0.25) is 0 Å². The van der Waals surface area contributed by atoms with Crippen molar-refractivity contribution in [2.75, 3.05) is 0 Å². The van der Waals surface area contributed by atoms with Crippen molar-refractivity contribution in [3.8, 4) is 0 Å². The molecule has 1 fully saturated rings. The summed E-state index contributed by atoms with van der Waals surface area (Å²) < 4.78 is 5.81. The molecule has 2 aliphatic carbocycles. The lowest BCUT2D eigenvalue weighted by Gasteiger charge is -2.43. The fourth-order valence-electron chi connectivity index (χ4n) is 5.33. The van der Waals surface area contributed by atoms with Crippen LogP contribution in [0.1, 0.15) is 131 Å². The summed E-state index contributed by atoms with van der Waals surface area (Å²) >= 11 is 0. The summed E-state index contributed by atoms with van der Waals surface area (Å²) in [6, 6.07) is -0.779. The van der Waals surface area contributed by atoms with Crippen LogP contribution in [0.25, 0.3) is 0 Å². The number of carbonyl (C=O) groups excluding carboxylic acids is 3. The van der Waals surface area contributed by atoms with Crippen LogP contribution < -0.4 is 5.48 Å². The third-order valence-corrected chi connectivity index (χ3v) is 7.68. The predicted molar refractivity (Wildman–Crippen MR) is 138 cm³/mol. The van der Waals surface area contributed by atoms with Crippen LogP contribution in [0, 0.1) is 10.8 Å². The highest BCUT2D eigenvalue weighted by molar-refractivity contribution is 6.01. The predicted octanol–water partition coefficient (Wildman–Crippen LogP) is 6.76. The Morgan fingerprint density at radius 2 is 1.69 bits per heavy atom. The minimum atomic E-state index is -0.779. The number of hydrogen-bond donors (Lipinski definition) is 1. The number of fused-ring (bicyclic) bond motifs is 1. The number of allylic oxidation sites excluding steroid dienone is 1. The second kappa shape index (κ2) is 13.6. The number of ketones is 1. The Kier molecular flexibility index (Phi) is 11.5. The lowest BCUT2D eigenvalue weighted by molar-refractivity contribution is -0.171. The summed E-state index contributed by atoms with van der Waals surface area (Å²) in [5.74, 6) is -1.02. The highest BCUT2D eigenvalue weighted by Gasteiger charge is 2.44. The van der Waals surface area contributed by atoms with Crippen LogP contribution in [0.2, 0.25) is 0 Å². The monoisotopic (exact) mass is 491 g/mol. The van der Waals surface area contributed by atoms with E-state index in [9.17, 15) is 14.4 Å². The number of ether oxygens (including phenoxy) is 1. The molecule has 0 bridgehead atoms. The average molecular weight is 492 g/mol. The van der Waals surface area contributed by atoms with Gasteiger partial charge in [-0.3, -0.25) is 9.59 Å². The van der Waals surface area contributed by atoms with Gasteiger partial charge in [-0.1, -0.05) is 77.2 Å². The standard InChI is InChI=1S/C29H49NO5/c1-7-8-9-10-11-12-13-14-18-23(30-35-27(33)28(3,4)5)26(32)34-24-20-29(6)19-16-15-17-22(29)21(2)25(24)31/h23-24,30H,7-20H2,1-6H3/t23?,24-,29-/m0/s1. The van der Waals surface area contributed by atoms with E-state index in [4.69, 9.17) is 9.57 Å². The van der Waals surface area contributed by atoms with Gasteiger partial charge in [0.05, 0.1) is 5.41 Å². The van der Waals surface area contributed by atoms with Crippen LogP contribution in [-0.4, -0.2) is 29.9 Å². The van der Waals surface area contributed by atoms with Gasteiger partial charge in [-0.25, -0.2) is 4.79 Å². The first-order valence-electron chi connectivity index (χ1n) is 13.9. The maximum absolute atomic E-state index is 13.2. The first kappa shape index (κ1) is 29.5. The Hall–Kier alpha value is -1.69. The number of hydroxylamine groups is 1. The molecule has 6 heteroatoms. The molecule has 2 rings (SSSR count). The van der Waals surface area contributed by atoms with E-state index in [2.05, 4.69) is 19.3 Å². The average Bonchev–Trinajstić information content (AvgIpc) is 2.79. The topological polar surface area (TPSA) is 81.7 Å². The zero-order chi connectivity index (χ0) is 26.1. The Morgan fingerprint density at radius 3 is 2.31 bits per heavy atom. The van der Waals surface area contributed by atoms with E-state index < -0.39 is 29.5 Å². The number of nitrogens with one attached hydrogen (secondary N) is 1. The zero-order valence-corrected chi connectivity index (χ0v) is 23.1. The fraction of sp³-hybridized carbons (Fsp3) is 0.828. The molecule has 3 atom stereocenters. The first-order valence-corrected chi connectivity index (χ1v) is 13.9. The zero-order valence-electron chi connectivity index (χ0n) is 23.1. The summed E-state index contributed by atoms with van der Waals surface area (Å²) in [7, 11) is 0. The van der Waals surface area contributed by atoms with E-state index in [1.54, 1.807) is 20.8 Å². The molecule has 6 nitrogen and oxygen atoms in total.